The first kappa shape index (κ1) is 23.2. The van der Waals surface area contributed by atoms with E-state index in [1.807, 2.05) is 30.3 Å². The standard InChI is InChI=1S/C25H28F3NO2S/c26-25(27,28)23-12-18(8-11-22(23)19-4-2-1-3-5-19)16-32-21-9-6-17(7-10-21)13-29-14-20(15-29)24(30)31/h6-12,19-20H,1-5,13-16H2,(H,30,31). The van der Waals surface area contributed by atoms with Gasteiger partial charge in [-0.1, -0.05) is 43.5 Å². The smallest absolute Gasteiger partial charge is 0.416 e. The molecule has 1 aliphatic heterocycles. The zero-order valence-corrected chi connectivity index (χ0v) is 18.7. The second-order valence-corrected chi connectivity index (χ2v) is 9.96. The molecular weight excluding hydrogens is 435 g/mol. The zero-order chi connectivity index (χ0) is 22.7. The highest BCUT2D eigenvalue weighted by molar-refractivity contribution is 7.98. The Balaban J connectivity index is 1.36. The Morgan fingerprint density at radius 1 is 1.00 bits per heavy atom. The number of alkyl halides is 3. The Kier molecular flexibility index (Phi) is 7.15. The quantitative estimate of drug-likeness (QED) is 0.472. The van der Waals surface area contributed by atoms with Gasteiger partial charge in [0.15, 0.2) is 0 Å². The lowest BCUT2D eigenvalue weighted by Gasteiger charge is -2.36. The van der Waals surface area contributed by atoms with Gasteiger partial charge in [0.05, 0.1) is 11.5 Å². The van der Waals surface area contributed by atoms with Crippen LogP contribution in [0, 0.1) is 5.92 Å². The van der Waals surface area contributed by atoms with E-state index < -0.39 is 17.7 Å². The van der Waals surface area contributed by atoms with E-state index in [1.54, 1.807) is 6.07 Å². The molecule has 0 aromatic heterocycles. The van der Waals surface area contributed by atoms with Gasteiger partial charge in [-0.2, -0.15) is 13.2 Å². The molecule has 1 N–H and O–H groups in total. The summed E-state index contributed by atoms with van der Waals surface area (Å²) in [4.78, 5) is 14.0. The highest BCUT2D eigenvalue weighted by Crippen LogP contribution is 2.41. The van der Waals surface area contributed by atoms with Gasteiger partial charge in [0.2, 0.25) is 0 Å². The largest absolute Gasteiger partial charge is 0.481 e. The van der Waals surface area contributed by atoms with E-state index in [0.717, 1.165) is 42.6 Å². The molecule has 2 aromatic rings. The van der Waals surface area contributed by atoms with Crippen LogP contribution in [0.1, 0.15) is 60.3 Å². The summed E-state index contributed by atoms with van der Waals surface area (Å²) in [5.41, 5.74) is 1.79. The first-order valence-electron chi connectivity index (χ1n) is 11.2. The molecule has 2 aliphatic rings. The highest BCUT2D eigenvalue weighted by atomic mass is 32.2. The molecule has 4 rings (SSSR count). The zero-order valence-electron chi connectivity index (χ0n) is 17.9. The summed E-state index contributed by atoms with van der Waals surface area (Å²) < 4.78 is 41.3. The van der Waals surface area contributed by atoms with E-state index in [1.165, 1.54) is 17.8 Å². The summed E-state index contributed by atoms with van der Waals surface area (Å²) in [6, 6.07) is 12.9. The maximum atomic E-state index is 13.8. The molecule has 0 unspecified atom stereocenters. The van der Waals surface area contributed by atoms with Crippen LogP contribution in [-0.4, -0.2) is 29.1 Å². The Bertz CT molecular complexity index is 933. The fourth-order valence-electron chi connectivity index (χ4n) is 4.68. The molecule has 7 heteroatoms. The van der Waals surface area contributed by atoms with E-state index in [-0.39, 0.29) is 11.8 Å². The average Bonchev–Trinajstić information content (AvgIpc) is 2.75. The second-order valence-electron chi connectivity index (χ2n) is 8.92. The van der Waals surface area contributed by atoms with Crippen molar-refractivity contribution in [3.63, 3.8) is 0 Å². The normalized spacial score (nSPS) is 18.5. The fourth-order valence-corrected chi connectivity index (χ4v) is 5.52. The average molecular weight is 464 g/mol. The highest BCUT2D eigenvalue weighted by Gasteiger charge is 2.36. The number of hydrogen-bond acceptors (Lipinski definition) is 3. The molecule has 0 amide bonds. The number of benzene rings is 2. The van der Waals surface area contributed by atoms with E-state index in [9.17, 15) is 18.0 Å². The molecule has 2 aromatic carbocycles. The number of rotatable bonds is 7. The molecule has 1 aliphatic carbocycles. The topological polar surface area (TPSA) is 40.5 Å². The second kappa shape index (κ2) is 9.87. The Morgan fingerprint density at radius 3 is 2.28 bits per heavy atom. The minimum atomic E-state index is -4.33. The monoisotopic (exact) mass is 463 g/mol. The van der Waals surface area contributed by atoms with Gasteiger partial charge in [0.1, 0.15) is 0 Å². The molecule has 32 heavy (non-hydrogen) atoms. The Hall–Kier alpha value is -1.99. The van der Waals surface area contributed by atoms with Crippen LogP contribution >= 0.6 is 11.8 Å². The van der Waals surface area contributed by atoms with Crippen molar-refractivity contribution in [2.24, 2.45) is 5.92 Å². The van der Waals surface area contributed by atoms with Crippen LogP contribution in [-0.2, 0) is 23.3 Å². The third kappa shape index (κ3) is 5.67. The molecule has 1 saturated heterocycles. The van der Waals surface area contributed by atoms with E-state index >= 15 is 0 Å². The van der Waals surface area contributed by atoms with Crippen molar-refractivity contribution in [2.45, 2.75) is 61.4 Å². The van der Waals surface area contributed by atoms with Crippen LogP contribution in [0.3, 0.4) is 0 Å². The predicted molar refractivity (Wildman–Crippen MR) is 120 cm³/mol. The van der Waals surface area contributed by atoms with Crippen molar-refractivity contribution in [3.05, 3.63) is 64.7 Å². The first-order chi connectivity index (χ1) is 15.3. The third-order valence-electron chi connectivity index (χ3n) is 6.51. The van der Waals surface area contributed by atoms with Crippen molar-refractivity contribution in [2.75, 3.05) is 13.1 Å². The predicted octanol–water partition coefficient (Wildman–Crippen LogP) is 6.56. The molecule has 0 bridgehead atoms. The van der Waals surface area contributed by atoms with Gasteiger partial charge >= 0.3 is 12.1 Å². The molecule has 1 saturated carbocycles. The van der Waals surface area contributed by atoms with Gasteiger partial charge < -0.3 is 5.11 Å². The van der Waals surface area contributed by atoms with Crippen LogP contribution in [0.2, 0.25) is 0 Å². The van der Waals surface area contributed by atoms with Gasteiger partial charge in [-0.15, -0.1) is 11.8 Å². The number of halogens is 3. The van der Waals surface area contributed by atoms with Crippen LogP contribution < -0.4 is 0 Å². The summed E-state index contributed by atoms with van der Waals surface area (Å²) >= 11 is 1.53. The molecular formula is C25H28F3NO2S. The van der Waals surface area contributed by atoms with Crippen molar-refractivity contribution in [1.82, 2.24) is 4.90 Å². The van der Waals surface area contributed by atoms with Crippen LogP contribution in [0.15, 0.2) is 47.4 Å². The number of aliphatic carboxylic acids is 1. The molecule has 1 heterocycles. The summed E-state index contributed by atoms with van der Waals surface area (Å²) in [6.07, 6.45) is 0.495. The number of hydrogen-bond donors (Lipinski definition) is 1. The number of carboxylic acids is 1. The van der Waals surface area contributed by atoms with Gasteiger partial charge in [0, 0.05) is 30.3 Å². The summed E-state index contributed by atoms with van der Waals surface area (Å²) in [7, 11) is 0. The van der Waals surface area contributed by atoms with Crippen molar-refractivity contribution < 1.29 is 23.1 Å². The minimum Gasteiger partial charge on any atom is -0.481 e. The maximum absolute atomic E-state index is 13.8. The van der Waals surface area contributed by atoms with Crippen LogP contribution in [0.4, 0.5) is 13.2 Å². The van der Waals surface area contributed by atoms with Crippen LogP contribution in [0.25, 0.3) is 0 Å². The van der Waals surface area contributed by atoms with Gasteiger partial charge in [-0.05, 0) is 53.6 Å². The van der Waals surface area contributed by atoms with Crippen molar-refractivity contribution in [1.29, 1.82) is 0 Å². The van der Waals surface area contributed by atoms with Crippen molar-refractivity contribution >= 4 is 17.7 Å². The maximum Gasteiger partial charge on any atom is 0.416 e. The van der Waals surface area contributed by atoms with Crippen LogP contribution in [0.5, 0.6) is 0 Å². The molecule has 0 atom stereocenters. The molecule has 172 valence electrons. The Labute approximate surface area is 191 Å². The lowest BCUT2D eigenvalue weighted by atomic mass is 9.81. The van der Waals surface area contributed by atoms with Gasteiger partial charge in [-0.25, -0.2) is 0 Å². The van der Waals surface area contributed by atoms with E-state index in [2.05, 4.69) is 4.90 Å². The summed E-state index contributed by atoms with van der Waals surface area (Å²) in [6.45, 7) is 1.86. The Morgan fingerprint density at radius 2 is 1.66 bits per heavy atom. The fraction of sp³-hybridized carbons (Fsp3) is 0.480. The molecule has 3 nitrogen and oxygen atoms in total. The van der Waals surface area contributed by atoms with Crippen molar-refractivity contribution in [3.8, 4) is 0 Å². The van der Waals surface area contributed by atoms with E-state index in [0.29, 0.717) is 36.5 Å². The minimum absolute atomic E-state index is 0.0202. The summed E-state index contributed by atoms with van der Waals surface area (Å²) in [5.74, 6) is -0.504. The van der Waals surface area contributed by atoms with Gasteiger partial charge in [-0.3, -0.25) is 9.69 Å². The number of thioether (sulfide) groups is 1. The van der Waals surface area contributed by atoms with Gasteiger partial charge in [0.25, 0.3) is 0 Å². The summed E-state index contributed by atoms with van der Waals surface area (Å²) in [5, 5.41) is 8.96. The first-order valence-corrected chi connectivity index (χ1v) is 12.1. The number of carbonyl (C=O) groups is 1. The molecule has 0 spiro atoms. The molecule has 0 radical (unpaired) electrons. The molecule has 2 fully saturated rings. The SMILES string of the molecule is O=C(O)C1CN(Cc2ccc(SCc3ccc(C4CCCCC4)c(C(F)(F)F)c3)cc2)C1. The number of nitrogens with zero attached hydrogens (tertiary/aromatic N) is 1. The third-order valence-corrected chi connectivity index (χ3v) is 7.59. The lowest BCUT2D eigenvalue weighted by Crippen LogP contribution is -2.49. The number of likely N-dealkylation sites (tertiary alicyclic amines) is 1. The lowest BCUT2D eigenvalue weighted by molar-refractivity contribution is -0.147. The number of carboxylic acid groups (broad SMARTS) is 1. The van der Waals surface area contributed by atoms with E-state index in [4.69, 9.17) is 5.11 Å².